The SMILES string of the molecule is Cn1nnc(-c2cccc(NC(=O)N(Cc3ccc(C(=O)NCC(F)C(=O)O)cc3)c3ccc(C4=CCCCC4)cc3)c2)n1. The number of alkyl halides is 1. The number of urea groups is 1. The molecule has 0 saturated heterocycles. The number of hydrogen-bond acceptors (Lipinski definition) is 6. The van der Waals surface area contributed by atoms with Gasteiger partial charge in [-0.15, -0.1) is 10.2 Å². The second-order valence-corrected chi connectivity index (χ2v) is 10.4. The molecular weight excluding hydrogens is 565 g/mol. The third-order valence-corrected chi connectivity index (χ3v) is 7.23. The number of anilines is 2. The number of hydrogen-bond donors (Lipinski definition) is 3. The van der Waals surface area contributed by atoms with Gasteiger partial charge in [-0.25, -0.2) is 14.0 Å². The number of aromatic nitrogens is 4. The summed E-state index contributed by atoms with van der Waals surface area (Å²) in [6.45, 7) is -0.447. The van der Waals surface area contributed by atoms with Crippen LogP contribution in [0.2, 0.25) is 0 Å². The summed E-state index contributed by atoms with van der Waals surface area (Å²) in [5.74, 6) is -1.80. The molecule has 1 atom stereocenters. The quantitative estimate of drug-likeness (QED) is 0.227. The molecular formula is C32H32FN7O4. The predicted octanol–water partition coefficient (Wildman–Crippen LogP) is 5.23. The van der Waals surface area contributed by atoms with E-state index < -0.39 is 24.6 Å². The Morgan fingerprint density at radius 1 is 1.02 bits per heavy atom. The van der Waals surface area contributed by atoms with E-state index in [1.807, 2.05) is 30.3 Å². The highest BCUT2D eigenvalue weighted by molar-refractivity contribution is 6.02. The molecule has 0 bridgehead atoms. The van der Waals surface area contributed by atoms with Crippen LogP contribution in [-0.2, 0) is 18.4 Å². The summed E-state index contributed by atoms with van der Waals surface area (Å²) < 4.78 is 13.4. The number of carbonyl (C=O) groups is 3. The summed E-state index contributed by atoms with van der Waals surface area (Å²) in [5.41, 5.74) is 5.34. The van der Waals surface area contributed by atoms with E-state index >= 15 is 0 Å². The van der Waals surface area contributed by atoms with Crippen molar-refractivity contribution in [2.75, 3.05) is 16.8 Å². The van der Waals surface area contributed by atoms with E-state index in [1.54, 1.807) is 54.4 Å². The number of nitrogens with one attached hydrogen (secondary N) is 2. The largest absolute Gasteiger partial charge is 0.479 e. The second-order valence-electron chi connectivity index (χ2n) is 10.4. The van der Waals surface area contributed by atoms with Gasteiger partial charge in [-0.1, -0.05) is 42.5 Å². The van der Waals surface area contributed by atoms with E-state index in [-0.39, 0.29) is 18.1 Å². The van der Waals surface area contributed by atoms with Crippen molar-refractivity contribution in [2.45, 2.75) is 38.4 Å². The van der Waals surface area contributed by atoms with Gasteiger partial charge in [0.15, 0.2) is 0 Å². The van der Waals surface area contributed by atoms with Gasteiger partial charge in [0.1, 0.15) is 0 Å². The zero-order valence-electron chi connectivity index (χ0n) is 24.1. The number of carboxylic acids is 1. The molecule has 3 N–H and O–H groups in total. The lowest BCUT2D eigenvalue weighted by Crippen LogP contribution is -2.35. The molecule has 1 heterocycles. The average Bonchev–Trinajstić information content (AvgIpc) is 3.49. The van der Waals surface area contributed by atoms with Crippen LogP contribution in [0.5, 0.6) is 0 Å². The Kier molecular flexibility index (Phi) is 9.38. The fourth-order valence-corrected chi connectivity index (χ4v) is 4.88. The van der Waals surface area contributed by atoms with Crippen molar-refractivity contribution in [1.82, 2.24) is 25.5 Å². The summed E-state index contributed by atoms with van der Waals surface area (Å²) in [4.78, 5) is 39.8. The van der Waals surface area contributed by atoms with Gasteiger partial charge in [0.25, 0.3) is 5.91 Å². The molecule has 4 aromatic rings. The number of amides is 3. The van der Waals surface area contributed by atoms with Crippen LogP contribution in [0.3, 0.4) is 0 Å². The Labute approximate surface area is 253 Å². The summed E-state index contributed by atoms with van der Waals surface area (Å²) in [7, 11) is 1.67. The second kappa shape index (κ2) is 13.7. The summed E-state index contributed by atoms with van der Waals surface area (Å²) >= 11 is 0. The van der Waals surface area contributed by atoms with Crippen molar-refractivity contribution in [2.24, 2.45) is 7.05 Å². The number of halogens is 1. The lowest BCUT2D eigenvalue weighted by Gasteiger charge is -2.24. The number of nitrogens with zero attached hydrogens (tertiary/aromatic N) is 5. The molecule has 226 valence electrons. The molecule has 0 saturated carbocycles. The molecule has 11 nitrogen and oxygen atoms in total. The first-order chi connectivity index (χ1) is 21.3. The van der Waals surface area contributed by atoms with Crippen molar-refractivity contribution < 1.29 is 23.9 Å². The maximum absolute atomic E-state index is 13.7. The van der Waals surface area contributed by atoms with Gasteiger partial charge in [-0.3, -0.25) is 9.69 Å². The van der Waals surface area contributed by atoms with E-state index in [0.717, 1.165) is 30.4 Å². The first-order valence-electron chi connectivity index (χ1n) is 14.2. The fraction of sp³-hybridized carbons (Fsp3) is 0.250. The average molecular weight is 598 g/mol. The Hall–Kier alpha value is -5.39. The highest BCUT2D eigenvalue weighted by atomic mass is 19.1. The van der Waals surface area contributed by atoms with Gasteiger partial charge in [-0.2, -0.15) is 4.80 Å². The minimum atomic E-state index is -2.19. The minimum absolute atomic E-state index is 0.187. The van der Waals surface area contributed by atoms with Crippen molar-refractivity contribution in [3.8, 4) is 11.4 Å². The molecule has 3 amide bonds. The van der Waals surface area contributed by atoms with Gasteiger partial charge in [0.2, 0.25) is 12.0 Å². The molecule has 1 aliphatic rings. The molecule has 0 fully saturated rings. The van der Waals surface area contributed by atoms with Crippen molar-refractivity contribution in [3.63, 3.8) is 0 Å². The Bertz CT molecular complexity index is 1670. The zero-order chi connectivity index (χ0) is 31.1. The van der Waals surface area contributed by atoms with Crippen molar-refractivity contribution in [3.05, 3.63) is 95.6 Å². The smallest absolute Gasteiger partial charge is 0.340 e. The monoisotopic (exact) mass is 597 g/mol. The molecule has 0 spiro atoms. The van der Waals surface area contributed by atoms with Crippen LogP contribution >= 0.6 is 0 Å². The van der Waals surface area contributed by atoms with Crippen LogP contribution in [0, 0.1) is 0 Å². The number of rotatable bonds is 10. The number of carboxylic acid groups (broad SMARTS) is 1. The molecule has 5 rings (SSSR count). The van der Waals surface area contributed by atoms with Crippen LogP contribution in [0.4, 0.5) is 20.6 Å². The summed E-state index contributed by atoms with van der Waals surface area (Å²) in [6, 6.07) is 21.2. The molecule has 12 heteroatoms. The minimum Gasteiger partial charge on any atom is -0.479 e. The van der Waals surface area contributed by atoms with E-state index in [1.165, 1.54) is 16.8 Å². The number of tetrazole rings is 1. The number of aryl methyl sites for hydroxylation is 1. The maximum atomic E-state index is 13.7. The van der Waals surface area contributed by atoms with Crippen LogP contribution in [0.25, 0.3) is 17.0 Å². The third-order valence-electron chi connectivity index (χ3n) is 7.23. The van der Waals surface area contributed by atoms with E-state index in [9.17, 15) is 18.8 Å². The topological polar surface area (TPSA) is 142 Å². The van der Waals surface area contributed by atoms with Crippen LogP contribution < -0.4 is 15.5 Å². The number of benzene rings is 3. The van der Waals surface area contributed by atoms with Crippen LogP contribution in [0.15, 0.2) is 78.9 Å². The first kappa shape index (κ1) is 30.1. The lowest BCUT2D eigenvalue weighted by atomic mass is 9.93. The highest BCUT2D eigenvalue weighted by Gasteiger charge is 2.20. The van der Waals surface area contributed by atoms with Crippen LogP contribution in [-0.4, -0.2) is 55.9 Å². The van der Waals surface area contributed by atoms with E-state index in [2.05, 4.69) is 32.1 Å². The van der Waals surface area contributed by atoms with Gasteiger partial charge in [0.05, 0.1) is 20.1 Å². The maximum Gasteiger partial charge on any atom is 0.340 e. The standard InChI is InChI=1S/C32H32FN7O4/c1-39-37-29(36-38-39)25-8-5-9-26(18-25)35-32(44)40(27-16-14-23(15-17-27)22-6-3-2-4-7-22)20-21-10-12-24(13-11-21)30(41)34-19-28(33)31(42)43/h5-6,8-18,28H,2-4,7,19-20H2,1H3,(H,34,41)(H,35,44)(H,42,43). The van der Waals surface area contributed by atoms with E-state index in [4.69, 9.17) is 5.11 Å². The molecule has 1 unspecified atom stereocenters. The Balaban J connectivity index is 1.36. The van der Waals surface area contributed by atoms with E-state index in [0.29, 0.717) is 22.8 Å². The first-order valence-corrected chi connectivity index (χ1v) is 14.2. The Morgan fingerprint density at radius 3 is 2.45 bits per heavy atom. The zero-order valence-corrected chi connectivity index (χ0v) is 24.1. The molecule has 1 aliphatic carbocycles. The van der Waals surface area contributed by atoms with Gasteiger partial charge in [-0.05, 0) is 84.0 Å². The molecule has 44 heavy (non-hydrogen) atoms. The predicted molar refractivity (Wildman–Crippen MR) is 164 cm³/mol. The van der Waals surface area contributed by atoms with Gasteiger partial charge >= 0.3 is 12.0 Å². The van der Waals surface area contributed by atoms with Crippen molar-refractivity contribution in [1.29, 1.82) is 0 Å². The lowest BCUT2D eigenvalue weighted by molar-refractivity contribution is -0.142. The van der Waals surface area contributed by atoms with Crippen molar-refractivity contribution >= 4 is 34.9 Å². The summed E-state index contributed by atoms with van der Waals surface area (Å²) in [5, 5.41) is 26.1. The molecule has 0 aliphatic heterocycles. The van der Waals surface area contributed by atoms with Gasteiger partial charge in [0, 0.05) is 22.5 Å². The highest BCUT2D eigenvalue weighted by Crippen LogP contribution is 2.29. The fourth-order valence-electron chi connectivity index (χ4n) is 4.88. The van der Waals surface area contributed by atoms with Gasteiger partial charge < -0.3 is 15.7 Å². The summed E-state index contributed by atoms with van der Waals surface area (Å²) in [6.07, 6.45) is 4.54. The number of allylic oxidation sites excluding steroid dienone is 2. The Morgan fingerprint density at radius 2 is 1.80 bits per heavy atom. The number of carbonyl (C=O) groups excluding carboxylic acids is 2. The molecule has 1 aromatic heterocycles. The van der Waals surface area contributed by atoms with Crippen LogP contribution in [0.1, 0.15) is 47.2 Å². The number of aliphatic carboxylic acids is 1. The molecule has 0 radical (unpaired) electrons. The third kappa shape index (κ3) is 7.51. The normalized spacial score (nSPS) is 13.5. The molecule has 3 aromatic carbocycles.